The Labute approximate surface area is 95.0 Å². The van der Waals surface area contributed by atoms with Crippen LogP contribution in [0.2, 0.25) is 0 Å². The molecule has 1 heterocycles. The van der Waals surface area contributed by atoms with Gasteiger partial charge in [-0.1, -0.05) is 12.1 Å². The van der Waals surface area contributed by atoms with Gasteiger partial charge in [-0.3, -0.25) is 9.78 Å². The molecule has 0 bridgehead atoms. The molecule has 0 unspecified atom stereocenters. The molecule has 0 N–H and O–H groups in total. The van der Waals surface area contributed by atoms with Crippen molar-refractivity contribution in [2.45, 2.75) is 13.8 Å². The van der Waals surface area contributed by atoms with Gasteiger partial charge in [-0.25, -0.2) is 0 Å². The molecular weight excluding hydrogens is 198 g/mol. The molecule has 1 aromatic carbocycles. The van der Waals surface area contributed by atoms with Crippen LogP contribution >= 0.6 is 0 Å². The molecule has 0 aliphatic rings. The van der Waals surface area contributed by atoms with Crippen LogP contribution in [-0.2, 0) is 0 Å². The summed E-state index contributed by atoms with van der Waals surface area (Å²) < 4.78 is 0. The van der Waals surface area contributed by atoms with Crippen molar-refractivity contribution < 1.29 is 4.79 Å². The number of aromatic nitrogens is 1. The number of carbonyl (C=O) groups excluding carboxylic acids is 1. The molecule has 16 heavy (non-hydrogen) atoms. The van der Waals surface area contributed by atoms with E-state index in [1.165, 1.54) is 5.56 Å². The van der Waals surface area contributed by atoms with Gasteiger partial charge in [0.2, 0.25) is 0 Å². The summed E-state index contributed by atoms with van der Waals surface area (Å²) in [7, 11) is 0. The van der Waals surface area contributed by atoms with Gasteiger partial charge in [-0.15, -0.1) is 0 Å². The van der Waals surface area contributed by atoms with E-state index in [-0.39, 0.29) is 5.78 Å². The highest BCUT2D eigenvalue weighted by Gasteiger charge is 2.09. The molecule has 2 rings (SSSR count). The van der Waals surface area contributed by atoms with Crippen LogP contribution in [0.1, 0.15) is 27.0 Å². The maximum Gasteiger partial charge on any atom is 0.194 e. The molecular formula is C14H13NO. The Balaban J connectivity index is 2.39. The zero-order valence-corrected chi connectivity index (χ0v) is 9.40. The lowest BCUT2D eigenvalue weighted by Crippen LogP contribution is -2.02. The number of hydrogen-bond donors (Lipinski definition) is 0. The highest BCUT2D eigenvalue weighted by atomic mass is 16.1. The molecule has 0 amide bonds. The smallest absolute Gasteiger partial charge is 0.194 e. The first kappa shape index (κ1) is 10.6. The maximum absolute atomic E-state index is 12.1. The fourth-order valence-corrected chi connectivity index (χ4v) is 1.55. The Kier molecular flexibility index (Phi) is 2.82. The van der Waals surface area contributed by atoms with Crippen LogP contribution in [0.3, 0.4) is 0 Å². The van der Waals surface area contributed by atoms with Gasteiger partial charge in [0.1, 0.15) is 0 Å². The van der Waals surface area contributed by atoms with E-state index in [1.807, 2.05) is 32.0 Å². The van der Waals surface area contributed by atoms with Gasteiger partial charge < -0.3 is 0 Å². The fraction of sp³-hybridized carbons (Fsp3) is 0.143. The Hall–Kier alpha value is -1.96. The van der Waals surface area contributed by atoms with Crippen LogP contribution in [0.25, 0.3) is 0 Å². The van der Waals surface area contributed by atoms with Gasteiger partial charge in [0.15, 0.2) is 5.78 Å². The van der Waals surface area contributed by atoms with Crippen molar-refractivity contribution in [3.63, 3.8) is 0 Å². The van der Waals surface area contributed by atoms with Crippen LogP contribution in [0.5, 0.6) is 0 Å². The van der Waals surface area contributed by atoms with Crippen molar-refractivity contribution in [3.05, 3.63) is 65.0 Å². The number of pyridine rings is 1. The van der Waals surface area contributed by atoms with Gasteiger partial charge in [0.25, 0.3) is 0 Å². The number of benzene rings is 1. The SMILES string of the molecule is Cc1ccc(C(=O)c2cccnc2)cc1C. The lowest BCUT2D eigenvalue weighted by Gasteiger charge is -2.04. The van der Waals surface area contributed by atoms with Crippen molar-refractivity contribution in [1.29, 1.82) is 0 Å². The normalized spacial score (nSPS) is 10.1. The topological polar surface area (TPSA) is 30.0 Å². The highest BCUT2D eigenvalue weighted by Crippen LogP contribution is 2.13. The minimum absolute atomic E-state index is 0.0243. The zero-order valence-electron chi connectivity index (χ0n) is 9.40. The number of rotatable bonds is 2. The number of carbonyl (C=O) groups is 1. The highest BCUT2D eigenvalue weighted by molar-refractivity contribution is 6.08. The zero-order chi connectivity index (χ0) is 11.5. The standard InChI is InChI=1S/C14H13NO/c1-10-5-6-12(8-11(10)2)14(16)13-4-3-7-15-9-13/h3-9H,1-2H3. The quantitative estimate of drug-likeness (QED) is 0.715. The molecule has 0 aliphatic heterocycles. The molecule has 2 aromatic rings. The molecule has 1 aromatic heterocycles. The second-order valence-electron chi connectivity index (χ2n) is 3.87. The lowest BCUT2D eigenvalue weighted by atomic mass is 10.0. The number of hydrogen-bond acceptors (Lipinski definition) is 2. The second-order valence-corrected chi connectivity index (χ2v) is 3.87. The van der Waals surface area contributed by atoms with Crippen LogP contribution in [-0.4, -0.2) is 10.8 Å². The van der Waals surface area contributed by atoms with E-state index in [1.54, 1.807) is 24.5 Å². The van der Waals surface area contributed by atoms with E-state index in [2.05, 4.69) is 4.98 Å². The van der Waals surface area contributed by atoms with E-state index in [9.17, 15) is 4.79 Å². The Morgan fingerprint density at radius 1 is 1.06 bits per heavy atom. The Morgan fingerprint density at radius 2 is 1.88 bits per heavy atom. The van der Waals surface area contributed by atoms with Crippen LogP contribution < -0.4 is 0 Å². The van der Waals surface area contributed by atoms with Gasteiger partial charge in [0, 0.05) is 23.5 Å². The molecule has 0 saturated carbocycles. The summed E-state index contributed by atoms with van der Waals surface area (Å²) in [6.07, 6.45) is 3.26. The van der Waals surface area contributed by atoms with Crippen molar-refractivity contribution in [1.82, 2.24) is 4.98 Å². The van der Waals surface area contributed by atoms with Gasteiger partial charge in [0.05, 0.1) is 0 Å². The van der Waals surface area contributed by atoms with Crippen LogP contribution in [0, 0.1) is 13.8 Å². The summed E-state index contributed by atoms with van der Waals surface area (Å²) in [5.74, 6) is 0.0243. The fourth-order valence-electron chi connectivity index (χ4n) is 1.55. The largest absolute Gasteiger partial charge is 0.289 e. The number of nitrogens with zero attached hydrogens (tertiary/aromatic N) is 1. The lowest BCUT2D eigenvalue weighted by molar-refractivity contribution is 0.103. The van der Waals surface area contributed by atoms with E-state index >= 15 is 0 Å². The third-order valence-electron chi connectivity index (χ3n) is 2.69. The minimum Gasteiger partial charge on any atom is -0.289 e. The van der Waals surface area contributed by atoms with E-state index in [4.69, 9.17) is 0 Å². The predicted molar refractivity (Wildman–Crippen MR) is 63.6 cm³/mol. The van der Waals surface area contributed by atoms with Gasteiger partial charge in [-0.05, 0) is 43.2 Å². The number of aryl methyl sites for hydroxylation is 2. The van der Waals surface area contributed by atoms with E-state index in [0.29, 0.717) is 5.56 Å². The maximum atomic E-state index is 12.1. The second kappa shape index (κ2) is 4.27. The van der Waals surface area contributed by atoms with Crippen molar-refractivity contribution in [2.75, 3.05) is 0 Å². The predicted octanol–water partition coefficient (Wildman–Crippen LogP) is 2.93. The van der Waals surface area contributed by atoms with Crippen LogP contribution in [0.4, 0.5) is 0 Å². The number of ketones is 1. The Morgan fingerprint density at radius 3 is 2.50 bits per heavy atom. The van der Waals surface area contributed by atoms with Crippen molar-refractivity contribution >= 4 is 5.78 Å². The van der Waals surface area contributed by atoms with E-state index < -0.39 is 0 Å². The summed E-state index contributed by atoms with van der Waals surface area (Å²) in [6, 6.07) is 9.31. The minimum atomic E-state index is 0.0243. The molecule has 0 saturated heterocycles. The summed E-state index contributed by atoms with van der Waals surface area (Å²) in [4.78, 5) is 16.0. The molecule has 2 nitrogen and oxygen atoms in total. The summed E-state index contributed by atoms with van der Waals surface area (Å²) in [5.41, 5.74) is 3.68. The van der Waals surface area contributed by atoms with Crippen LogP contribution in [0.15, 0.2) is 42.7 Å². The molecule has 0 aliphatic carbocycles. The summed E-state index contributed by atoms with van der Waals surface area (Å²) in [6.45, 7) is 4.04. The van der Waals surface area contributed by atoms with E-state index in [0.717, 1.165) is 11.1 Å². The molecule has 80 valence electrons. The third-order valence-corrected chi connectivity index (χ3v) is 2.69. The van der Waals surface area contributed by atoms with Crippen molar-refractivity contribution in [2.24, 2.45) is 0 Å². The summed E-state index contributed by atoms with van der Waals surface area (Å²) in [5, 5.41) is 0. The molecule has 0 fully saturated rings. The molecule has 2 heteroatoms. The van der Waals surface area contributed by atoms with Gasteiger partial charge >= 0.3 is 0 Å². The van der Waals surface area contributed by atoms with Gasteiger partial charge in [-0.2, -0.15) is 0 Å². The molecule has 0 spiro atoms. The first-order chi connectivity index (χ1) is 7.68. The first-order valence-corrected chi connectivity index (χ1v) is 5.20. The average Bonchev–Trinajstić information content (AvgIpc) is 2.33. The Bertz CT molecular complexity index is 518. The average molecular weight is 211 g/mol. The first-order valence-electron chi connectivity index (χ1n) is 5.20. The molecule has 0 atom stereocenters. The molecule has 0 radical (unpaired) electrons. The monoisotopic (exact) mass is 211 g/mol. The summed E-state index contributed by atoms with van der Waals surface area (Å²) >= 11 is 0. The van der Waals surface area contributed by atoms with Crippen molar-refractivity contribution in [3.8, 4) is 0 Å². The third kappa shape index (κ3) is 2.01.